The molecular weight excluding hydrogens is 324 g/mol. The molecule has 4 heteroatoms. The quantitative estimate of drug-likeness (QED) is 0.430. The van der Waals surface area contributed by atoms with Crippen LogP contribution in [0.1, 0.15) is 46.0 Å². The summed E-state index contributed by atoms with van der Waals surface area (Å²) < 4.78 is 11.1. The second-order valence-corrected chi connectivity index (χ2v) is 5.55. The van der Waals surface area contributed by atoms with E-state index in [9.17, 15) is 0 Å². The third kappa shape index (κ3) is 11.1. The van der Waals surface area contributed by atoms with E-state index < -0.39 is 0 Å². The molecule has 0 aromatic carbocycles. The summed E-state index contributed by atoms with van der Waals surface area (Å²) in [6, 6.07) is 0. The van der Waals surface area contributed by atoms with Crippen molar-refractivity contribution in [3.05, 3.63) is 0 Å². The highest BCUT2D eigenvalue weighted by Gasteiger charge is 2.11. The zero-order valence-corrected chi connectivity index (χ0v) is 12.8. The second kappa shape index (κ2) is 11.4. The molecule has 92 valence electrons. The molecule has 0 radical (unpaired) electrons. The molecule has 0 saturated carbocycles. The topological polar surface area (TPSA) is 18.5 Å². The summed E-state index contributed by atoms with van der Waals surface area (Å²) in [5.41, 5.74) is 0. The third-order valence-corrected chi connectivity index (χ3v) is 3.24. The van der Waals surface area contributed by atoms with Crippen molar-refractivity contribution < 1.29 is 9.47 Å². The van der Waals surface area contributed by atoms with Crippen LogP contribution in [-0.4, -0.2) is 23.2 Å². The molecule has 0 aliphatic heterocycles. The predicted molar refractivity (Wildman–Crippen MR) is 71.8 cm³/mol. The lowest BCUT2D eigenvalue weighted by molar-refractivity contribution is 0.0560. The van der Waals surface area contributed by atoms with Crippen LogP contribution >= 0.6 is 31.9 Å². The highest BCUT2D eigenvalue weighted by molar-refractivity contribution is 9.10. The number of halogens is 2. The molecule has 0 spiro atoms. The molecule has 0 aliphatic carbocycles. The van der Waals surface area contributed by atoms with Crippen LogP contribution < -0.4 is 0 Å². The van der Waals surface area contributed by atoms with Crippen LogP contribution in [0.25, 0.3) is 0 Å². The van der Waals surface area contributed by atoms with E-state index in [0.29, 0.717) is 0 Å². The van der Waals surface area contributed by atoms with E-state index in [4.69, 9.17) is 9.47 Å². The zero-order chi connectivity index (χ0) is 11.5. The lowest BCUT2D eigenvalue weighted by atomic mass is 10.3. The number of rotatable bonds is 10. The molecule has 0 heterocycles. The second-order valence-electron chi connectivity index (χ2n) is 3.50. The fourth-order valence-corrected chi connectivity index (χ4v) is 2.55. The molecule has 0 aromatic rings. The first kappa shape index (κ1) is 15.9. The molecule has 0 bridgehead atoms. The van der Waals surface area contributed by atoms with Gasteiger partial charge in [-0.15, -0.1) is 0 Å². The van der Waals surface area contributed by atoms with E-state index in [1.165, 1.54) is 12.8 Å². The van der Waals surface area contributed by atoms with E-state index in [0.717, 1.165) is 32.5 Å². The Morgan fingerprint density at radius 1 is 0.867 bits per heavy atom. The molecule has 2 nitrogen and oxygen atoms in total. The van der Waals surface area contributed by atoms with Crippen LogP contribution in [-0.2, 0) is 9.47 Å². The van der Waals surface area contributed by atoms with Gasteiger partial charge in [0, 0.05) is 19.6 Å². The van der Waals surface area contributed by atoms with Gasteiger partial charge in [0.25, 0.3) is 0 Å². The van der Waals surface area contributed by atoms with E-state index in [-0.39, 0.29) is 10.0 Å². The molecule has 0 aromatic heterocycles. The van der Waals surface area contributed by atoms with Gasteiger partial charge in [0.05, 0.1) is 0 Å². The van der Waals surface area contributed by atoms with Crippen LogP contribution in [0.3, 0.4) is 0 Å². The van der Waals surface area contributed by atoms with E-state index in [2.05, 4.69) is 45.7 Å². The average Bonchev–Trinajstić information content (AvgIpc) is 2.18. The van der Waals surface area contributed by atoms with E-state index in [1.807, 2.05) is 0 Å². The Morgan fingerprint density at radius 2 is 1.27 bits per heavy atom. The third-order valence-electron chi connectivity index (χ3n) is 1.96. The molecule has 0 rings (SSSR count). The summed E-state index contributed by atoms with van der Waals surface area (Å²) in [5, 5.41) is 0.185. The Morgan fingerprint density at radius 3 is 1.60 bits per heavy atom. The normalized spacial score (nSPS) is 15.2. The minimum absolute atomic E-state index is 0.0926. The van der Waals surface area contributed by atoms with Gasteiger partial charge in [0.2, 0.25) is 0 Å². The lowest BCUT2D eigenvalue weighted by Crippen LogP contribution is -2.15. The average molecular weight is 346 g/mol. The van der Waals surface area contributed by atoms with Gasteiger partial charge >= 0.3 is 0 Å². The van der Waals surface area contributed by atoms with Crippen LogP contribution in [0.5, 0.6) is 0 Å². The maximum absolute atomic E-state index is 5.57. The van der Waals surface area contributed by atoms with Gasteiger partial charge in [-0.1, -0.05) is 58.5 Å². The maximum Gasteiger partial charge on any atom is 0.115 e. The molecule has 15 heavy (non-hydrogen) atoms. The highest BCUT2D eigenvalue weighted by atomic mass is 79.9. The van der Waals surface area contributed by atoms with Crippen molar-refractivity contribution in [3.63, 3.8) is 0 Å². The van der Waals surface area contributed by atoms with Crippen molar-refractivity contribution in [3.8, 4) is 0 Å². The van der Waals surface area contributed by atoms with Crippen molar-refractivity contribution in [2.75, 3.05) is 13.2 Å². The van der Waals surface area contributed by atoms with Crippen LogP contribution in [0.15, 0.2) is 0 Å². The fourth-order valence-electron chi connectivity index (χ4n) is 0.993. The van der Waals surface area contributed by atoms with E-state index >= 15 is 0 Å². The molecule has 0 N–H and O–H groups in total. The van der Waals surface area contributed by atoms with Crippen molar-refractivity contribution >= 4 is 31.9 Å². The van der Waals surface area contributed by atoms with Gasteiger partial charge in [-0.2, -0.15) is 0 Å². The summed E-state index contributed by atoms with van der Waals surface area (Å²) >= 11 is 6.97. The minimum atomic E-state index is 0.0926. The Bertz CT molecular complexity index is 120. The first-order chi connectivity index (χ1) is 7.20. The fraction of sp³-hybridized carbons (Fsp3) is 1.00. The van der Waals surface area contributed by atoms with Crippen molar-refractivity contribution in [2.45, 2.75) is 56.0 Å². The maximum atomic E-state index is 5.57. The summed E-state index contributed by atoms with van der Waals surface area (Å²) in [6.45, 7) is 5.96. The first-order valence-electron chi connectivity index (χ1n) is 5.72. The number of hydrogen-bond donors (Lipinski definition) is 0. The van der Waals surface area contributed by atoms with Gasteiger partial charge in [-0.3, -0.25) is 0 Å². The van der Waals surface area contributed by atoms with Gasteiger partial charge in [0.1, 0.15) is 10.0 Å². The standard InChI is InChI=1S/C11H22Br2O2/c1-3-5-7-14-10(12)9-11(13)15-8-6-4-2/h10-11H,3-9H2,1-2H3. The molecule has 0 fully saturated rings. The van der Waals surface area contributed by atoms with Crippen LogP contribution in [0, 0.1) is 0 Å². The number of ether oxygens (including phenoxy) is 2. The molecular formula is C11H22Br2O2. The van der Waals surface area contributed by atoms with Gasteiger partial charge in [0.15, 0.2) is 0 Å². The van der Waals surface area contributed by atoms with Gasteiger partial charge in [-0.25, -0.2) is 0 Å². The first-order valence-corrected chi connectivity index (χ1v) is 7.55. The van der Waals surface area contributed by atoms with Crippen molar-refractivity contribution in [1.82, 2.24) is 0 Å². The lowest BCUT2D eigenvalue weighted by Gasteiger charge is -2.16. The Hall–Kier alpha value is 0.880. The van der Waals surface area contributed by atoms with E-state index in [1.54, 1.807) is 0 Å². The van der Waals surface area contributed by atoms with Gasteiger partial charge < -0.3 is 9.47 Å². The van der Waals surface area contributed by atoms with Crippen molar-refractivity contribution in [1.29, 1.82) is 0 Å². The van der Waals surface area contributed by atoms with Crippen LogP contribution in [0.4, 0.5) is 0 Å². The minimum Gasteiger partial charge on any atom is -0.367 e. The molecule has 0 amide bonds. The summed E-state index contributed by atoms with van der Waals surface area (Å²) in [5.74, 6) is 0. The number of unbranched alkanes of at least 4 members (excludes halogenated alkanes) is 2. The summed E-state index contributed by atoms with van der Waals surface area (Å²) in [4.78, 5) is 0. The Balaban J connectivity index is 3.35. The largest absolute Gasteiger partial charge is 0.367 e. The molecule has 0 saturated heterocycles. The predicted octanol–water partition coefficient (Wildman–Crippen LogP) is 4.45. The summed E-state index contributed by atoms with van der Waals surface area (Å²) in [7, 11) is 0. The highest BCUT2D eigenvalue weighted by Crippen LogP contribution is 2.17. The summed E-state index contributed by atoms with van der Waals surface area (Å²) in [6.07, 6.45) is 5.42. The van der Waals surface area contributed by atoms with Crippen LogP contribution in [0.2, 0.25) is 0 Å². The molecule has 2 atom stereocenters. The Labute approximate surface area is 110 Å². The number of hydrogen-bond acceptors (Lipinski definition) is 2. The smallest absolute Gasteiger partial charge is 0.115 e. The molecule has 0 aliphatic rings. The van der Waals surface area contributed by atoms with Crippen molar-refractivity contribution in [2.24, 2.45) is 0 Å². The molecule has 2 unspecified atom stereocenters. The monoisotopic (exact) mass is 344 g/mol. The number of alkyl halides is 2. The SMILES string of the molecule is CCCCOC(Br)CC(Br)OCCCC. The Kier molecular flexibility index (Phi) is 12.0. The zero-order valence-electron chi connectivity index (χ0n) is 9.68. The van der Waals surface area contributed by atoms with Gasteiger partial charge in [-0.05, 0) is 12.8 Å².